The van der Waals surface area contributed by atoms with E-state index < -0.39 is 9.84 Å². The van der Waals surface area contributed by atoms with E-state index in [2.05, 4.69) is 5.32 Å². The summed E-state index contributed by atoms with van der Waals surface area (Å²) < 4.78 is 24.2. The first-order chi connectivity index (χ1) is 9.39. The molecule has 0 aliphatic rings. The summed E-state index contributed by atoms with van der Waals surface area (Å²) in [6.45, 7) is 0.386. The molecule has 20 heavy (non-hydrogen) atoms. The molecule has 0 unspecified atom stereocenters. The molecule has 0 aliphatic heterocycles. The van der Waals surface area contributed by atoms with Gasteiger partial charge in [0.05, 0.1) is 28.8 Å². The van der Waals surface area contributed by atoms with Crippen molar-refractivity contribution in [1.29, 1.82) is 5.26 Å². The highest BCUT2D eigenvalue weighted by Crippen LogP contribution is 2.13. The van der Waals surface area contributed by atoms with Crippen LogP contribution >= 0.6 is 0 Å². The summed E-state index contributed by atoms with van der Waals surface area (Å²) >= 11 is 0. The van der Waals surface area contributed by atoms with Crippen LogP contribution in [0.3, 0.4) is 0 Å². The Balaban J connectivity index is 2.71. The van der Waals surface area contributed by atoms with E-state index >= 15 is 0 Å². The van der Waals surface area contributed by atoms with Crippen LogP contribution in [0.15, 0.2) is 29.2 Å². The molecule has 0 saturated heterocycles. The van der Waals surface area contributed by atoms with E-state index in [0.717, 1.165) is 0 Å². The van der Waals surface area contributed by atoms with Crippen LogP contribution in [-0.2, 0) is 14.6 Å². The van der Waals surface area contributed by atoms with Crippen molar-refractivity contribution < 1.29 is 13.2 Å². The third kappa shape index (κ3) is 4.64. The molecule has 6 nitrogen and oxygen atoms in total. The zero-order valence-electron chi connectivity index (χ0n) is 11.5. The van der Waals surface area contributed by atoms with Crippen LogP contribution in [0.1, 0.15) is 5.56 Å². The zero-order chi connectivity index (χ0) is 15.2. The molecule has 0 atom stereocenters. The highest BCUT2D eigenvalue weighted by Gasteiger charge is 2.16. The molecule has 0 spiro atoms. The number of nitriles is 1. The van der Waals surface area contributed by atoms with Gasteiger partial charge >= 0.3 is 0 Å². The summed E-state index contributed by atoms with van der Waals surface area (Å²) in [6, 6.07) is 7.83. The molecule has 0 saturated carbocycles. The van der Waals surface area contributed by atoms with Gasteiger partial charge in [0, 0.05) is 13.6 Å². The van der Waals surface area contributed by atoms with Crippen molar-refractivity contribution in [3.8, 4) is 6.07 Å². The van der Waals surface area contributed by atoms with E-state index in [-0.39, 0.29) is 29.6 Å². The highest BCUT2D eigenvalue weighted by molar-refractivity contribution is 7.91. The van der Waals surface area contributed by atoms with Gasteiger partial charge in [0.2, 0.25) is 5.91 Å². The molecule has 1 rings (SSSR count). The molecule has 0 radical (unpaired) electrons. The minimum Gasteiger partial charge on any atom is -0.358 e. The number of nitrogens with zero attached hydrogens (tertiary/aromatic N) is 2. The number of amides is 1. The second-order valence-electron chi connectivity index (χ2n) is 4.37. The summed E-state index contributed by atoms with van der Waals surface area (Å²) in [7, 11) is -0.250. The van der Waals surface area contributed by atoms with Gasteiger partial charge in [-0.25, -0.2) is 8.42 Å². The summed E-state index contributed by atoms with van der Waals surface area (Å²) in [5, 5.41) is 11.2. The monoisotopic (exact) mass is 295 g/mol. The van der Waals surface area contributed by atoms with E-state index in [1.54, 1.807) is 24.1 Å². The lowest BCUT2D eigenvalue weighted by molar-refractivity contribution is -0.121. The molecule has 1 amide bonds. The molecule has 0 heterocycles. The van der Waals surface area contributed by atoms with Crippen molar-refractivity contribution in [1.82, 2.24) is 10.2 Å². The van der Waals surface area contributed by atoms with Crippen LogP contribution in [-0.4, -0.2) is 52.2 Å². The predicted molar refractivity (Wildman–Crippen MR) is 74.8 cm³/mol. The first-order valence-electron chi connectivity index (χ1n) is 6.01. The quantitative estimate of drug-likeness (QED) is 0.798. The maximum atomic E-state index is 12.1. The average molecular weight is 295 g/mol. The Labute approximate surface area is 118 Å². The lowest BCUT2D eigenvalue weighted by atomic mass is 10.2. The van der Waals surface area contributed by atoms with E-state index in [4.69, 9.17) is 5.26 Å². The van der Waals surface area contributed by atoms with Gasteiger partial charge in [-0.2, -0.15) is 5.26 Å². The Morgan fingerprint density at radius 2 is 2.15 bits per heavy atom. The maximum Gasteiger partial charge on any atom is 0.233 e. The van der Waals surface area contributed by atoms with Crippen LogP contribution in [0.25, 0.3) is 0 Å². The number of rotatable bonds is 6. The molecule has 108 valence electrons. The van der Waals surface area contributed by atoms with Crippen molar-refractivity contribution in [3.63, 3.8) is 0 Å². The molecule has 0 aliphatic carbocycles. The molecule has 0 bridgehead atoms. The van der Waals surface area contributed by atoms with E-state index in [9.17, 15) is 13.2 Å². The summed E-state index contributed by atoms with van der Waals surface area (Å²) in [6.07, 6.45) is 0. The van der Waals surface area contributed by atoms with Gasteiger partial charge in [0.25, 0.3) is 0 Å². The number of benzene rings is 1. The summed E-state index contributed by atoms with van der Waals surface area (Å²) in [4.78, 5) is 12.9. The second kappa shape index (κ2) is 7.03. The lowest BCUT2D eigenvalue weighted by Crippen LogP contribution is -2.35. The molecule has 0 fully saturated rings. The number of nitrogens with one attached hydrogen (secondary N) is 1. The Hall–Kier alpha value is -1.91. The van der Waals surface area contributed by atoms with Gasteiger partial charge in [-0.15, -0.1) is 0 Å². The number of hydrogen-bond donors (Lipinski definition) is 1. The van der Waals surface area contributed by atoms with Crippen molar-refractivity contribution >= 4 is 15.7 Å². The van der Waals surface area contributed by atoms with Gasteiger partial charge in [0.1, 0.15) is 0 Å². The molecule has 1 N–H and O–H groups in total. The largest absolute Gasteiger partial charge is 0.358 e. The molecule has 7 heteroatoms. The summed E-state index contributed by atoms with van der Waals surface area (Å²) in [5.74, 6) is -0.272. The Morgan fingerprint density at radius 1 is 1.45 bits per heavy atom. The molecule has 1 aromatic carbocycles. The first-order valence-corrected chi connectivity index (χ1v) is 7.66. The van der Waals surface area contributed by atoms with Crippen LogP contribution in [0.2, 0.25) is 0 Å². The van der Waals surface area contributed by atoms with Gasteiger partial charge in [-0.3, -0.25) is 9.69 Å². The van der Waals surface area contributed by atoms with Crippen molar-refractivity contribution in [2.75, 3.05) is 32.9 Å². The van der Waals surface area contributed by atoms with Crippen molar-refractivity contribution in [2.24, 2.45) is 0 Å². The van der Waals surface area contributed by atoms with Crippen molar-refractivity contribution in [3.05, 3.63) is 29.8 Å². The third-order valence-electron chi connectivity index (χ3n) is 2.76. The minimum atomic E-state index is -3.45. The highest BCUT2D eigenvalue weighted by atomic mass is 32.2. The van der Waals surface area contributed by atoms with E-state index in [0.29, 0.717) is 5.56 Å². The van der Waals surface area contributed by atoms with Crippen LogP contribution in [0.5, 0.6) is 0 Å². The normalized spacial score (nSPS) is 11.1. The van der Waals surface area contributed by atoms with Gasteiger partial charge < -0.3 is 5.32 Å². The Bertz CT molecular complexity index is 620. The topological polar surface area (TPSA) is 90.3 Å². The lowest BCUT2D eigenvalue weighted by Gasteiger charge is -2.15. The van der Waals surface area contributed by atoms with E-state index in [1.807, 2.05) is 6.07 Å². The van der Waals surface area contributed by atoms with Crippen molar-refractivity contribution in [2.45, 2.75) is 4.90 Å². The standard InChI is InChI=1S/C13H17N3O3S/c1-15-13(17)10-16(2)6-7-20(18,19)12-5-3-4-11(8-12)9-14/h3-5,8H,6-7,10H2,1-2H3,(H,15,17). The summed E-state index contributed by atoms with van der Waals surface area (Å²) in [5.41, 5.74) is 0.310. The zero-order valence-corrected chi connectivity index (χ0v) is 12.3. The fraction of sp³-hybridized carbons (Fsp3) is 0.385. The smallest absolute Gasteiger partial charge is 0.233 e. The van der Waals surface area contributed by atoms with Gasteiger partial charge in [-0.05, 0) is 25.2 Å². The van der Waals surface area contributed by atoms with Gasteiger partial charge in [0.15, 0.2) is 9.84 Å². The first kappa shape index (κ1) is 16.1. The molecular weight excluding hydrogens is 278 g/mol. The van der Waals surface area contributed by atoms with Crippen LogP contribution in [0, 0.1) is 11.3 Å². The number of carbonyl (C=O) groups excluding carboxylic acids is 1. The molecule has 1 aromatic rings. The molecule has 0 aromatic heterocycles. The predicted octanol–water partition coefficient (Wildman–Crippen LogP) is 0.00978. The number of sulfone groups is 1. The molecular formula is C13H17N3O3S. The SMILES string of the molecule is CNC(=O)CN(C)CCS(=O)(=O)c1cccc(C#N)c1. The van der Waals surface area contributed by atoms with Crippen LogP contribution in [0.4, 0.5) is 0 Å². The Morgan fingerprint density at radius 3 is 2.75 bits per heavy atom. The van der Waals surface area contributed by atoms with E-state index in [1.165, 1.54) is 19.2 Å². The van der Waals surface area contributed by atoms with Crippen LogP contribution < -0.4 is 5.32 Å². The maximum absolute atomic E-state index is 12.1. The number of hydrogen-bond acceptors (Lipinski definition) is 5. The van der Waals surface area contributed by atoms with Gasteiger partial charge in [-0.1, -0.05) is 6.07 Å². The second-order valence-corrected chi connectivity index (χ2v) is 6.48. The minimum absolute atomic E-state index is 0.102. The average Bonchev–Trinajstić information content (AvgIpc) is 2.45. The third-order valence-corrected chi connectivity index (χ3v) is 4.45. The fourth-order valence-electron chi connectivity index (χ4n) is 1.56. The fourth-order valence-corrected chi connectivity index (χ4v) is 2.94. The number of carbonyl (C=O) groups is 1. The Kier molecular flexibility index (Phi) is 5.67. The number of likely N-dealkylation sites (N-methyl/N-ethyl adjacent to an activating group) is 2.